The fraction of sp³-hybridized carbons (Fsp3) is 0.222. The third kappa shape index (κ3) is 3.34. The summed E-state index contributed by atoms with van der Waals surface area (Å²) in [5, 5.41) is 0. The molecular formula is C18H18O4. The molecule has 0 unspecified atom stereocenters. The summed E-state index contributed by atoms with van der Waals surface area (Å²) in [5.74, 6) is -0.540. The molecule has 2 rings (SSSR count). The number of hydrogen-bond donors (Lipinski definition) is 0. The first-order valence-corrected chi connectivity index (χ1v) is 6.93. The van der Waals surface area contributed by atoms with Gasteiger partial charge in [-0.05, 0) is 35.4 Å². The highest BCUT2D eigenvalue weighted by Crippen LogP contribution is 2.25. The fourth-order valence-corrected chi connectivity index (χ4v) is 2.24. The van der Waals surface area contributed by atoms with Crippen LogP contribution in [0.3, 0.4) is 0 Å². The Bertz CT molecular complexity index is 597. The normalized spacial score (nSPS) is 10.4. The van der Waals surface area contributed by atoms with Crippen LogP contribution in [0.15, 0.2) is 48.5 Å². The summed E-state index contributed by atoms with van der Waals surface area (Å²) in [6.45, 7) is 2.07. The van der Waals surface area contributed by atoms with Crippen molar-refractivity contribution in [3.63, 3.8) is 0 Å². The molecule has 0 fully saturated rings. The monoisotopic (exact) mass is 298 g/mol. The van der Waals surface area contributed by atoms with E-state index in [1.165, 1.54) is 14.2 Å². The molecule has 0 amide bonds. The molecule has 0 saturated heterocycles. The third-order valence-corrected chi connectivity index (χ3v) is 3.66. The van der Waals surface area contributed by atoms with Crippen molar-refractivity contribution in [3.05, 3.63) is 70.8 Å². The molecule has 2 aromatic carbocycles. The maximum Gasteiger partial charge on any atom is 0.337 e. The molecule has 114 valence electrons. The summed E-state index contributed by atoms with van der Waals surface area (Å²) in [5.41, 5.74) is 3.22. The van der Waals surface area contributed by atoms with Crippen molar-refractivity contribution in [3.8, 4) is 0 Å². The van der Waals surface area contributed by atoms with Crippen molar-refractivity contribution in [1.82, 2.24) is 0 Å². The maximum atomic E-state index is 11.4. The zero-order chi connectivity index (χ0) is 16.1. The van der Waals surface area contributed by atoms with Gasteiger partial charge in [0.05, 0.1) is 25.3 Å². The van der Waals surface area contributed by atoms with E-state index in [2.05, 4.69) is 16.4 Å². The van der Waals surface area contributed by atoms with Crippen molar-refractivity contribution >= 4 is 11.9 Å². The van der Waals surface area contributed by atoms with Crippen LogP contribution in [0.5, 0.6) is 0 Å². The second kappa shape index (κ2) is 6.89. The minimum Gasteiger partial charge on any atom is -0.465 e. The SMILES string of the molecule is COC(=O)c1ccc(C(C)c2ccc(C(=O)OC)cc2)cc1. The first-order valence-electron chi connectivity index (χ1n) is 6.93. The Labute approximate surface area is 129 Å². The minimum absolute atomic E-state index is 0.151. The summed E-state index contributed by atoms with van der Waals surface area (Å²) in [7, 11) is 2.73. The van der Waals surface area contributed by atoms with Crippen LogP contribution in [-0.2, 0) is 9.47 Å². The predicted molar refractivity (Wildman–Crippen MR) is 83.1 cm³/mol. The van der Waals surface area contributed by atoms with Crippen LogP contribution in [0.4, 0.5) is 0 Å². The molecule has 0 aliphatic carbocycles. The van der Waals surface area contributed by atoms with Gasteiger partial charge in [-0.2, -0.15) is 0 Å². The molecule has 0 aliphatic rings. The molecule has 0 atom stereocenters. The van der Waals surface area contributed by atoms with Gasteiger partial charge in [-0.3, -0.25) is 0 Å². The quantitative estimate of drug-likeness (QED) is 0.812. The van der Waals surface area contributed by atoms with Gasteiger partial charge in [0, 0.05) is 5.92 Å². The zero-order valence-electron chi connectivity index (χ0n) is 12.8. The smallest absolute Gasteiger partial charge is 0.337 e. The number of carbonyl (C=O) groups excluding carboxylic acids is 2. The van der Waals surface area contributed by atoms with Gasteiger partial charge in [-0.25, -0.2) is 9.59 Å². The van der Waals surface area contributed by atoms with Crippen molar-refractivity contribution in [2.45, 2.75) is 12.8 Å². The van der Waals surface area contributed by atoms with Crippen molar-refractivity contribution < 1.29 is 19.1 Å². The van der Waals surface area contributed by atoms with Gasteiger partial charge in [0.1, 0.15) is 0 Å². The largest absolute Gasteiger partial charge is 0.465 e. The van der Waals surface area contributed by atoms with Gasteiger partial charge < -0.3 is 9.47 Å². The van der Waals surface area contributed by atoms with Crippen LogP contribution in [0, 0.1) is 0 Å². The average molecular weight is 298 g/mol. The van der Waals surface area contributed by atoms with E-state index in [0.29, 0.717) is 11.1 Å². The molecular weight excluding hydrogens is 280 g/mol. The number of ether oxygens (including phenoxy) is 2. The average Bonchev–Trinajstić information content (AvgIpc) is 2.60. The topological polar surface area (TPSA) is 52.6 Å². The molecule has 0 aromatic heterocycles. The summed E-state index contributed by atoms with van der Waals surface area (Å²) < 4.78 is 9.37. The van der Waals surface area contributed by atoms with Gasteiger partial charge in [-0.1, -0.05) is 31.2 Å². The van der Waals surface area contributed by atoms with E-state index >= 15 is 0 Å². The molecule has 0 radical (unpaired) electrons. The van der Waals surface area contributed by atoms with Crippen LogP contribution in [0.1, 0.15) is 44.7 Å². The summed E-state index contributed by atoms with van der Waals surface area (Å²) >= 11 is 0. The van der Waals surface area contributed by atoms with E-state index in [0.717, 1.165) is 11.1 Å². The van der Waals surface area contributed by atoms with Gasteiger partial charge in [-0.15, -0.1) is 0 Å². The molecule has 2 aromatic rings. The summed E-state index contributed by atoms with van der Waals surface area (Å²) in [6, 6.07) is 14.6. The maximum absolute atomic E-state index is 11.4. The van der Waals surface area contributed by atoms with Crippen LogP contribution in [0.2, 0.25) is 0 Å². The lowest BCUT2D eigenvalue weighted by atomic mass is 9.92. The molecule has 0 aliphatic heterocycles. The molecule has 4 heteroatoms. The summed E-state index contributed by atoms with van der Waals surface area (Å²) in [4.78, 5) is 22.9. The van der Waals surface area contributed by atoms with Crippen LogP contribution in [0.25, 0.3) is 0 Å². The molecule has 0 heterocycles. The molecule has 4 nitrogen and oxygen atoms in total. The first kappa shape index (κ1) is 15.8. The van der Waals surface area contributed by atoms with Crippen molar-refractivity contribution in [2.75, 3.05) is 14.2 Å². The summed E-state index contributed by atoms with van der Waals surface area (Å²) in [6.07, 6.45) is 0. The third-order valence-electron chi connectivity index (χ3n) is 3.66. The van der Waals surface area contributed by atoms with E-state index in [4.69, 9.17) is 0 Å². The van der Waals surface area contributed by atoms with E-state index < -0.39 is 0 Å². The number of carbonyl (C=O) groups is 2. The second-order valence-electron chi connectivity index (χ2n) is 4.95. The van der Waals surface area contributed by atoms with Crippen LogP contribution in [-0.4, -0.2) is 26.2 Å². The van der Waals surface area contributed by atoms with E-state index in [1.54, 1.807) is 24.3 Å². The number of benzene rings is 2. The van der Waals surface area contributed by atoms with Crippen LogP contribution >= 0.6 is 0 Å². The second-order valence-corrected chi connectivity index (χ2v) is 4.95. The molecule has 0 spiro atoms. The van der Waals surface area contributed by atoms with E-state index in [9.17, 15) is 9.59 Å². The molecule has 22 heavy (non-hydrogen) atoms. The predicted octanol–water partition coefficient (Wildman–Crippen LogP) is 3.41. The van der Waals surface area contributed by atoms with Gasteiger partial charge in [0.25, 0.3) is 0 Å². The van der Waals surface area contributed by atoms with E-state index in [1.807, 2.05) is 24.3 Å². The van der Waals surface area contributed by atoms with Gasteiger partial charge in [0.15, 0.2) is 0 Å². The lowest BCUT2D eigenvalue weighted by molar-refractivity contribution is 0.0592. The number of rotatable bonds is 4. The highest BCUT2D eigenvalue weighted by atomic mass is 16.5. The minimum atomic E-state index is -0.346. The van der Waals surface area contributed by atoms with Gasteiger partial charge in [0.2, 0.25) is 0 Å². The standard InChI is InChI=1S/C18H18O4/c1-12(13-4-8-15(9-5-13)17(19)21-2)14-6-10-16(11-7-14)18(20)22-3/h4-12H,1-3H3. The Kier molecular flexibility index (Phi) is 4.94. The van der Waals surface area contributed by atoms with Crippen LogP contribution < -0.4 is 0 Å². The Morgan fingerprint density at radius 1 is 0.727 bits per heavy atom. The lowest BCUT2D eigenvalue weighted by Gasteiger charge is -2.13. The molecule has 0 saturated carbocycles. The van der Waals surface area contributed by atoms with Crippen molar-refractivity contribution in [1.29, 1.82) is 0 Å². The molecule has 0 N–H and O–H groups in total. The Morgan fingerprint density at radius 3 is 1.32 bits per heavy atom. The van der Waals surface area contributed by atoms with E-state index in [-0.39, 0.29) is 17.9 Å². The lowest BCUT2D eigenvalue weighted by Crippen LogP contribution is -2.03. The molecule has 0 bridgehead atoms. The Hall–Kier alpha value is -2.62. The zero-order valence-corrected chi connectivity index (χ0v) is 12.8. The number of esters is 2. The number of methoxy groups -OCH3 is 2. The Balaban J connectivity index is 2.18. The Morgan fingerprint density at radius 2 is 1.05 bits per heavy atom. The fourth-order valence-electron chi connectivity index (χ4n) is 2.24. The number of hydrogen-bond acceptors (Lipinski definition) is 4. The van der Waals surface area contributed by atoms with Crippen molar-refractivity contribution in [2.24, 2.45) is 0 Å². The first-order chi connectivity index (χ1) is 10.6. The highest BCUT2D eigenvalue weighted by Gasteiger charge is 2.12. The highest BCUT2D eigenvalue weighted by molar-refractivity contribution is 5.89. The van der Waals surface area contributed by atoms with Gasteiger partial charge >= 0.3 is 11.9 Å².